The normalized spacial score (nSPS) is 17.0. The number of fused-ring (bicyclic) bond motifs is 1. The summed E-state index contributed by atoms with van der Waals surface area (Å²) in [6.45, 7) is 6.88. The van der Waals surface area contributed by atoms with Crippen molar-refractivity contribution in [3.05, 3.63) is 76.1 Å². The number of aromatic nitrogens is 1. The number of amides is 2. The molecule has 1 aromatic heterocycles. The maximum absolute atomic E-state index is 13.2. The number of nitrogens with one attached hydrogen (secondary N) is 1. The topological polar surface area (TPSA) is 118 Å². The lowest BCUT2D eigenvalue weighted by molar-refractivity contribution is -0.126. The lowest BCUT2D eigenvalue weighted by Crippen LogP contribution is -2.41. The van der Waals surface area contributed by atoms with Crippen molar-refractivity contribution in [2.45, 2.75) is 46.2 Å². The average molecular weight is 513 g/mol. The van der Waals surface area contributed by atoms with Crippen LogP contribution in [0.5, 0.6) is 0 Å². The van der Waals surface area contributed by atoms with Crippen LogP contribution in [0.3, 0.4) is 0 Å². The summed E-state index contributed by atoms with van der Waals surface area (Å²) in [4.78, 5) is 40.0. The second-order valence-electron chi connectivity index (χ2n) is 9.99. The molecule has 8 nitrogen and oxygen atoms in total. The molecule has 2 aliphatic rings. The maximum Gasteiger partial charge on any atom is 0.337 e. The van der Waals surface area contributed by atoms with Crippen molar-refractivity contribution < 1.29 is 19.5 Å². The van der Waals surface area contributed by atoms with Gasteiger partial charge in [-0.25, -0.2) is 4.79 Å². The zero-order valence-electron chi connectivity index (χ0n) is 21.9. The Balaban J connectivity index is 1.63. The Morgan fingerprint density at radius 2 is 1.74 bits per heavy atom. The van der Waals surface area contributed by atoms with Gasteiger partial charge in [-0.1, -0.05) is 43.3 Å². The average Bonchev–Trinajstić information content (AvgIpc) is 3.58. The van der Waals surface area contributed by atoms with Gasteiger partial charge in [-0.3, -0.25) is 14.5 Å². The molecule has 0 saturated carbocycles. The van der Waals surface area contributed by atoms with Crippen molar-refractivity contribution in [2.75, 3.05) is 18.4 Å². The van der Waals surface area contributed by atoms with Crippen LogP contribution in [-0.4, -0.2) is 45.4 Å². The number of nitrogens with zero attached hydrogens (tertiary/aromatic N) is 2. The molecule has 4 N–H and O–H groups in total. The van der Waals surface area contributed by atoms with Gasteiger partial charge >= 0.3 is 5.97 Å². The summed E-state index contributed by atoms with van der Waals surface area (Å²) in [5.41, 5.74) is 12.5. The number of hydrogen-bond donors (Lipinski definition) is 3. The van der Waals surface area contributed by atoms with Crippen LogP contribution in [-0.2, 0) is 16.0 Å². The largest absolute Gasteiger partial charge is 0.478 e. The van der Waals surface area contributed by atoms with Gasteiger partial charge in [-0.05, 0) is 67.5 Å². The van der Waals surface area contributed by atoms with Crippen molar-refractivity contribution in [1.82, 2.24) is 9.47 Å². The van der Waals surface area contributed by atoms with Crippen LogP contribution in [0.25, 0.3) is 22.8 Å². The van der Waals surface area contributed by atoms with Gasteiger partial charge in [-0.15, -0.1) is 0 Å². The van der Waals surface area contributed by atoms with Crippen LogP contribution in [0, 0.1) is 13.8 Å². The van der Waals surface area contributed by atoms with Gasteiger partial charge in [0.25, 0.3) is 11.8 Å². The minimum atomic E-state index is -1.09. The standard InChI is InChI=1S/C30H32N4O4/c1-4-19-7-9-20(10-8-19)21-11-12-22-23(28(36)32-24(22)15-21)16-25-17(2)26(30(37)38)18(3)34(25)29(27(31)35)33-13-5-6-14-33/h7-12,15-16,29H,4-6,13-14H2,1-3H3,(H2,31,35)(H,32,36)(H,37,38). The molecule has 1 atom stereocenters. The minimum Gasteiger partial charge on any atom is -0.478 e. The Bertz CT molecular complexity index is 1480. The number of nitrogens with two attached hydrogens (primary N) is 1. The highest BCUT2D eigenvalue weighted by molar-refractivity contribution is 6.35. The van der Waals surface area contributed by atoms with Crippen LogP contribution in [0.15, 0.2) is 42.5 Å². The van der Waals surface area contributed by atoms with Gasteiger partial charge < -0.3 is 20.7 Å². The first kappa shape index (κ1) is 25.5. The van der Waals surface area contributed by atoms with Crippen molar-refractivity contribution >= 4 is 35.1 Å². The number of aromatic carboxylic acids is 1. The molecule has 0 radical (unpaired) electrons. The molecular formula is C30H32N4O4. The molecule has 1 saturated heterocycles. The molecule has 2 aromatic carbocycles. The van der Waals surface area contributed by atoms with E-state index in [0.29, 0.717) is 41.3 Å². The summed E-state index contributed by atoms with van der Waals surface area (Å²) in [7, 11) is 0. The number of rotatable bonds is 7. The van der Waals surface area contributed by atoms with Crippen LogP contribution in [0.1, 0.15) is 64.4 Å². The number of carbonyl (C=O) groups excluding carboxylic acids is 2. The van der Waals surface area contributed by atoms with Crippen molar-refractivity contribution in [1.29, 1.82) is 0 Å². The van der Waals surface area contributed by atoms with E-state index < -0.39 is 18.0 Å². The third-order valence-corrected chi connectivity index (χ3v) is 7.72. The predicted octanol–water partition coefficient (Wildman–Crippen LogP) is 4.60. The first-order valence-corrected chi connectivity index (χ1v) is 13.0. The molecular weight excluding hydrogens is 480 g/mol. The Kier molecular flexibility index (Phi) is 6.67. The van der Waals surface area contributed by atoms with Crippen LogP contribution in [0.2, 0.25) is 0 Å². The fourth-order valence-corrected chi connectivity index (χ4v) is 5.73. The molecule has 2 amide bonds. The van der Waals surface area contributed by atoms with Gasteiger partial charge in [0, 0.05) is 35.7 Å². The zero-order valence-corrected chi connectivity index (χ0v) is 21.9. The van der Waals surface area contributed by atoms with Crippen molar-refractivity contribution in [3.63, 3.8) is 0 Å². The molecule has 8 heteroatoms. The van der Waals surface area contributed by atoms with E-state index in [2.05, 4.69) is 36.5 Å². The molecule has 1 fully saturated rings. The first-order valence-electron chi connectivity index (χ1n) is 13.0. The highest BCUT2D eigenvalue weighted by Gasteiger charge is 2.34. The van der Waals surface area contributed by atoms with Crippen LogP contribution < -0.4 is 11.1 Å². The second kappa shape index (κ2) is 9.95. The molecule has 0 bridgehead atoms. The summed E-state index contributed by atoms with van der Waals surface area (Å²) in [5, 5.41) is 12.9. The number of benzene rings is 2. The summed E-state index contributed by atoms with van der Waals surface area (Å²) in [6, 6.07) is 14.2. The van der Waals surface area contributed by atoms with Crippen LogP contribution >= 0.6 is 0 Å². The van der Waals surface area contributed by atoms with Gasteiger partial charge in [-0.2, -0.15) is 0 Å². The molecule has 5 rings (SSSR count). The Morgan fingerprint density at radius 3 is 2.34 bits per heavy atom. The van der Waals surface area contributed by atoms with E-state index in [4.69, 9.17) is 5.73 Å². The number of aryl methyl sites for hydroxylation is 1. The Hall–Kier alpha value is -4.17. The Morgan fingerprint density at radius 1 is 1.08 bits per heavy atom. The highest BCUT2D eigenvalue weighted by Crippen LogP contribution is 2.38. The number of carbonyl (C=O) groups is 3. The van der Waals surface area contributed by atoms with E-state index in [1.807, 2.05) is 23.1 Å². The van der Waals surface area contributed by atoms with Crippen molar-refractivity contribution in [2.24, 2.45) is 5.73 Å². The second-order valence-corrected chi connectivity index (χ2v) is 9.99. The number of carboxylic acid groups (broad SMARTS) is 1. The number of anilines is 1. The molecule has 3 aromatic rings. The summed E-state index contributed by atoms with van der Waals surface area (Å²) in [5.74, 6) is -1.92. The van der Waals surface area contributed by atoms with Gasteiger partial charge in [0.05, 0.1) is 11.1 Å². The lowest BCUT2D eigenvalue weighted by atomic mass is 9.98. The van der Waals surface area contributed by atoms with E-state index in [0.717, 1.165) is 36.0 Å². The third kappa shape index (κ3) is 4.31. The highest BCUT2D eigenvalue weighted by atomic mass is 16.4. The molecule has 1 unspecified atom stereocenters. The van der Waals surface area contributed by atoms with Crippen LogP contribution in [0.4, 0.5) is 5.69 Å². The minimum absolute atomic E-state index is 0.117. The van der Waals surface area contributed by atoms with Crippen molar-refractivity contribution in [3.8, 4) is 11.1 Å². The summed E-state index contributed by atoms with van der Waals surface area (Å²) < 4.78 is 1.69. The van der Waals surface area contributed by atoms with E-state index in [9.17, 15) is 19.5 Å². The smallest absolute Gasteiger partial charge is 0.337 e. The van der Waals surface area contributed by atoms with E-state index in [1.165, 1.54) is 5.56 Å². The number of likely N-dealkylation sites (tertiary alicyclic amines) is 1. The lowest BCUT2D eigenvalue weighted by Gasteiger charge is -2.29. The molecule has 2 aliphatic heterocycles. The van der Waals surface area contributed by atoms with Gasteiger partial charge in [0.2, 0.25) is 0 Å². The summed E-state index contributed by atoms with van der Waals surface area (Å²) in [6.07, 6.45) is 3.69. The van der Waals surface area contributed by atoms with E-state index in [-0.39, 0.29) is 11.5 Å². The van der Waals surface area contributed by atoms with Gasteiger partial charge in [0.15, 0.2) is 6.17 Å². The monoisotopic (exact) mass is 512 g/mol. The molecule has 3 heterocycles. The fourth-order valence-electron chi connectivity index (χ4n) is 5.73. The number of hydrogen-bond acceptors (Lipinski definition) is 4. The predicted molar refractivity (Wildman–Crippen MR) is 148 cm³/mol. The first-order chi connectivity index (χ1) is 18.2. The summed E-state index contributed by atoms with van der Waals surface area (Å²) >= 11 is 0. The maximum atomic E-state index is 13.2. The van der Waals surface area contributed by atoms with Gasteiger partial charge in [0.1, 0.15) is 0 Å². The third-order valence-electron chi connectivity index (χ3n) is 7.72. The number of primary amides is 1. The number of carboxylic acids is 1. The quantitative estimate of drug-likeness (QED) is 0.400. The SMILES string of the molecule is CCc1ccc(-c2ccc3c(c2)NC(=O)C3=Cc2c(C)c(C(=O)O)c(C)n2C(C(N)=O)N2CCCC2)cc1. The molecule has 0 spiro atoms. The fraction of sp³-hybridized carbons (Fsp3) is 0.300. The Labute approximate surface area is 221 Å². The van der Waals surface area contributed by atoms with E-state index in [1.54, 1.807) is 24.5 Å². The molecule has 38 heavy (non-hydrogen) atoms. The molecule has 0 aliphatic carbocycles. The van der Waals surface area contributed by atoms with E-state index >= 15 is 0 Å². The zero-order chi connectivity index (χ0) is 27.1. The molecule has 196 valence electrons.